The smallest absolute Gasteiger partial charge is 0.406 e. The molecular weight excluding hydrogens is 279 g/mol. The van der Waals surface area contributed by atoms with Crippen LogP contribution in [0.1, 0.15) is 16.7 Å². The molecule has 0 saturated carbocycles. The minimum atomic E-state index is -4.65. The van der Waals surface area contributed by atoms with E-state index < -0.39 is 6.36 Å². The molecule has 1 N–H and O–H groups in total. The van der Waals surface area contributed by atoms with Crippen LogP contribution in [0.15, 0.2) is 48.5 Å². The van der Waals surface area contributed by atoms with E-state index >= 15 is 0 Å². The van der Waals surface area contributed by atoms with E-state index in [4.69, 9.17) is 0 Å². The minimum absolute atomic E-state index is 0.204. The molecule has 0 aliphatic carbocycles. The van der Waals surface area contributed by atoms with E-state index in [0.717, 1.165) is 5.56 Å². The lowest BCUT2D eigenvalue weighted by molar-refractivity contribution is -0.274. The second kappa shape index (κ2) is 6.63. The first kappa shape index (κ1) is 15.4. The van der Waals surface area contributed by atoms with Gasteiger partial charge in [0.2, 0.25) is 0 Å². The monoisotopic (exact) mass is 295 g/mol. The van der Waals surface area contributed by atoms with E-state index in [1.165, 1.54) is 23.3 Å². The maximum Gasteiger partial charge on any atom is 0.573 e. The van der Waals surface area contributed by atoms with Gasteiger partial charge in [0.1, 0.15) is 5.75 Å². The summed E-state index contributed by atoms with van der Waals surface area (Å²) in [5.74, 6) is -0.204. The Morgan fingerprint density at radius 1 is 0.952 bits per heavy atom. The van der Waals surface area contributed by atoms with Gasteiger partial charge in [0.25, 0.3) is 0 Å². The third-order valence-electron chi connectivity index (χ3n) is 3.06. The molecule has 112 valence electrons. The Morgan fingerprint density at radius 3 is 2.24 bits per heavy atom. The predicted molar refractivity (Wildman–Crippen MR) is 74.8 cm³/mol. The quantitative estimate of drug-likeness (QED) is 0.893. The molecule has 2 rings (SSSR count). The summed E-state index contributed by atoms with van der Waals surface area (Å²) in [7, 11) is 0. The lowest BCUT2D eigenvalue weighted by atomic mass is 10.1. The topological polar surface area (TPSA) is 21.3 Å². The number of ether oxygens (including phenoxy) is 1. The summed E-state index contributed by atoms with van der Waals surface area (Å²) in [6, 6.07) is 13.9. The Morgan fingerprint density at radius 2 is 1.62 bits per heavy atom. The highest BCUT2D eigenvalue weighted by Gasteiger charge is 2.30. The predicted octanol–water partition coefficient (Wildman–Crippen LogP) is 4.18. The Kier molecular flexibility index (Phi) is 4.85. The average molecular weight is 295 g/mol. The molecule has 0 fully saturated rings. The van der Waals surface area contributed by atoms with Crippen LogP contribution in [-0.4, -0.2) is 6.36 Å². The fourth-order valence-electron chi connectivity index (χ4n) is 1.96. The Hall–Kier alpha value is -2.01. The summed E-state index contributed by atoms with van der Waals surface area (Å²) in [4.78, 5) is 0. The van der Waals surface area contributed by atoms with Gasteiger partial charge in [0.05, 0.1) is 0 Å². The summed E-state index contributed by atoms with van der Waals surface area (Å²) in [5.41, 5.74) is 3.31. The zero-order valence-corrected chi connectivity index (χ0v) is 11.6. The number of halogens is 3. The first-order valence-electron chi connectivity index (χ1n) is 6.54. The molecule has 0 saturated heterocycles. The van der Waals surface area contributed by atoms with Crippen LogP contribution in [0.25, 0.3) is 0 Å². The van der Waals surface area contributed by atoms with Crippen LogP contribution in [0.4, 0.5) is 13.2 Å². The number of nitrogens with one attached hydrogen (secondary N) is 1. The standard InChI is InChI=1S/C16H16F3NO/c1-12-4-2-3-5-14(12)11-20-10-13-6-8-15(9-7-13)21-16(17,18)19/h2-9,20H,10-11H2,1H3. The van der Waals surface area contributed by atoms with Crippen molar-refractivity contribution in [1.82, 2.24) is 5.32 Å². The van der Waals surface area contributed by atoms with Crippen LogP contribution in [0.2, 0.25) is 0 Å². The third-order valence-corrected chi connectivity index (χ3v) is 3.06. The number of hydrogen-bond donors (Lipinski definition) is 1. The number of rotatable bonds is 5. The largest absolute Gasteiger partial charge is 0.573 e. The summed E-state index contributed by atoms with van der Waals surface area (Å²) in [6.07, 6.45) is -4.65. The van der Waals surface area contributed by atoms with E-state index in [1.54, 1.807) is 12.1 Å². The molecule has 0 atom stereocenters. The molecule has 0 unspecified atom stereocenters. The van der Waals surface area contributed by atoms with Crippen molar-refractivity contribution in [3.63, 3.8) is 0 Å². The fourth-order valence-corrected chi connectivity index (χ4v) is 1.96. The molecule has 2 nitrogen and oxygen atoms in total. The van der Waals surface area contributed by atoms with Crippen LogP contribution < -0.4 is 10.1 Å². The van der Waals surface area contributed by atoms with Gasteiger partial charge in [-0.15, -0.1) is 13.2 Å². The molecule has 0 aliphatic heterocycles. The molecule has 21 heavy (non-hydrogen) atoms. The van der Waals surface area contributed by atoms with Crippen molar-refractivity contribution < 1.29 is 17.9 Å². The maximum atomic E-state index is 12.0. The van der Waals surface area contributed by atoms with Crippen molar-refractivity contribution in [2.75, 3.05) is 0 Å². The molecule has 0 radical (unpaired) electrons. The normalized spacial score (nSPS) is 11.4. The van der Waals surface area contributed by atoms with Gasteiger partial charge in [-0.05, 0) is 35.7 Å². The zero-order valence-electron chi connectivity index (χ0n) is 11.6. The van der Waals surface area contributed by atoms with Crippen molar-refractivity contribution in [2.45, 2.75) is 26.4 Å². The molecule has 0 aromatic heterocycles. The molecule has 2 aromatic rings. The second-order valence-electron chi connectivity index (χ2n) is 4.72. The van der Waals surface area contributed by atoms with E-state index in [1.807, 2.05) is 31.2 Å². The molecule has 0 aliphatic rings. The zero-order chi connectivity index (χ0) is 15.3. The van der Waals surface area contributed by atoms with E-state index in [-0.39, 0.29) is 5.75 Å². The van der Waals surface area contributed by atoms with Gasteiger partial charge in [0, 0.05) is 13.1 Å². The van der Waals surface area contributed by atoms with Gasteiger partial charge < -0.3 is 10.1 Å². The minimum Gasteiger partial charge on any atom is -0.406 e. The summed E-state index contributed by atoms with van der Waals surface area (Å²) in [5, 5.41) is 3.26. The number of aryl methyl sites for hydroxylation is 1. The first-order valence-corrected chi connectivity index (χ1v) is 6.54. The van der Waals surface area contributed by atoms with Gasteiger partial charge in [0.15, 0.2) is 0 Å². The van der Waals surface area contributed by atoms with Gasteiger partial charge >= 0.3 is 6.36 Å². The molecule has 0 bridgehead atoms. The maximum absolute atomic E-state index is 12.0. The van der Waals surface area contributed by atoms with Crippen molar-refractivity contribution in [1.29, 1.82) is 0 Å². The number of hydrogen-bond acceptors (Lipinski definition) is 2. The molecule has 0 spiro atoms. The van der Waals surface area contributed by atoms with Crippen LogP contribution in [0.5, 0.6) is 5.75 Å². The van der Waals surface area contributed by atoms with Gasteiger partial charge in [-0.1, -0.05) is 36.4 Å². The Labute approximate surface area is 121 Å². The van der Waals surface area contributed by atoms with Crippen molar-refractivity contribution in [3.05, 3.63) is 65.2 Å². The number of benzene rings is 2. The van der Waals surface area contributed by atoms with Crippen LogP contribution in [-0.2, 0) is 13.1 Å². The fraction of sp³-hybridized carbons (Fsp3) is 0.250. The first-order chi connectivity index (χ1) is 9.94. The third kappa shape index (κ3) is 5.11. The molecule has 0 heterocycles. The lowest BCUT2D eigenvalue weighted by Crippen LogP contribution is -2.17. The molecule has 5 heteroatoms. The van der Waals surface area contributed by atoms with Crippen LogP contribution >= 0.6 is 0 Å². The molecule has 0 amide bonds. The average Bonchev–Trinajstić information content (AvgIpc) is 2.41. The van der Waals surface area contributed by atoms with Crippen molar-refractivity contribution in [2.24, 2.45) is 0 Å². The van der Waals surface area contributed by atoms with E-state index in [9.17, 15) is 13.2 Å². The van der Waals surface area contributed by atoms with Crippen LogP contribution in [0, 0.1) is 6.92 Å². The number of alkyl halides is 3. The summed E-state index contributed by atoms with van der Waals surface area (Å²) in [6.45, 7) is 3.34. The van der Waals surface area contributed by atoms with Crippen molar-refractivity contribution in [3.8, 4) is 5.75 Å². The van der Waals surface area contributed by atoms with Crippen molar-refractivity contribution >= 4 is 0 Å². The second-order valence-corrected chi connectivity index (χ2v) is 4.72. The Bertz CT molecular complexity index is 579. The highest BCUT2D eigenvalue weighted by molar-refractivity contribution is 5.28. The highest BCUT2D eigenvalue weighted by Crippen LogP contribution is 2.22. The van der Waals surface area contributed by atoms with Gasteiger partial charge in [-0.2, -0.15) is 0 Å². The SMILES string of the molecule is Cc1ccccc1CNCc1ccc(OC(F)(F)F)cc1. The molecule has 2 aromatic carbocycles. The summed E-state index contributed by atoms with van der Waals surface area (Å²) < 4.78 is 39.9. The summed E-state index contributed by atoms with van der Waals surface area (Å²) >= 11 is 0. The highest BCUT2D eigenvalue weighted by atomic mass is 19.4. The van der Waals surface area contributed by atoms with E-state index in [0.29, 0.717) is 13.1 Å². The lowest BCUT2D eigenvalue weighted by Gasteiger charge is -2.10. The van der Waals surface area contributed by atoms with E-state index in [2.05, 4.69) is 10.1 Å². The van der Waals surface area contributed by atoms with Gasteiger partial charge in [-0.3, -0.25) is 0 Å². The Balaban J connectivity index is 1.85. The van der Waals surface area contributed by atoms with Crippen LogP contribution in [0.3, 0.4) is 0 Å². The van der Waals surface area contributed by atoms with Gasteiger partial charge in [-0.25, -0.2) is 0 Å². The molecular formula is C16H16F3NO.